The molecule has 3 aromatic rings. The first-order valence-corrected chi connectivity index (χ1v) is 6.17. The highest BCUT2D eigenvalue weighted by Crippen LogP contribution is 2.27. The van der Waals surface area contributed by atoms with Gasteiger partial charge in [-0.2, -0.15) is 0 Å². The molecule has 0 aliphatic carbocycles. The average Bonchev–Trinajstić information content (AvgIpc) is 2.41. The number of hydrogen-bond donors (Lipinski definition) is 0. The van der Waals surface area contributed by atoms with Crippen molar-refractivity contribution in [1.82, 2.24) is 4.98 Å². The lowest BCUT2D eigenvalue weighted by molar-refractivity contribution is 1.30. The molecule has 1 aromatic heterocycles. The zero-order chi connectivity index (χ0) is 12.5. The maximum absolute atomic E-state index is 4.61. The van der Waals surface area contributed by atoms with Gasteiger partial charge in [-0.25, -0.2) is 0 Å². The van der Waals surface area contributed by atoms with Crippen LogP contribution in [0.3, 0.4) is 0 Å². The molecule has 0 aliphatic heterocycles. The number of rotatable bonds is 1. The minimum Gasteiger partial charge on any atom is -0.255 e. The van der Waals surface area contributed by atoms with Gasteiger partial charge in [-0.05, 0) is 24.8 Å². The molecule has 0 atom stereocenters. The Labute approximate surface area is 107 Å². The number of aryl methyl sites for hydroxylation is 2. The molecule has 18 heavy (non-hydrogen) atoms. The van der Waals surface area contributed by atoms with Crippen LogP contribution in [0.25, 0.3) is 22.0 Å². The Hall–Kier alpha value is -2.15. The van der Waals surface area contributed by atoms with Crippen LogP contribution in [-0.2, 0) is 0 Å². The van der Waals surface area contributed by atoms with Crippen LogP contribution >= 0.6 is 0 Å². The lowest BCUT2D eigenvalue weighted by atomic mass is 10.0. The maximum atomic E-state index is 4.61. The Morgan fingerprint density at radius 2 is 1.56 bits per heavy atom. The van der Waals surface area contributed by atoms with Crippen molar-refractivity contribution < 1.29 is 0 Å². The molecule has 0 saturated carbocycles. The topological polar surface area (TPSA) is 12.9 Å². The second-order valence-electron chi connectivity index (χ2n) is 4.69. The van der Waals surface area contributed by atoms with E-state index in [-0.39, 0.29) is 0 Å². The highest BCUT2D eigenvalue weighted by atomic mass is 14.7. The zero-order valence-electron chi connectivity index (χ0n) is 10.6. The predicted molar refractivity (Wildman–Crippen MR) is 76.7 cm³/mol. The van der Waals surface area contributed by atoms with E-state index < -0.39 is 0 Å². The van der Waals surface area contributed by atoms with Gasteiger partial charge in [-0.1, -0.05) is 54.1 Å². The molecular formula is C17H15N. The molecule has 0 fully saturated rings. The van der Waals surface area contributed by atoms with Crippen molar-refractivity contribution in [2.75, 3.05) is 0 Å². The van der Waals surface area contributed by atoms with Crippen LogP contribution in [-0.4, -0.2) is 4.98 Å². The van der Waals surface area contributed by atoms with Crippen LogP contribution in [0.2, 0.25) is 0 Å². The van der Waals surface area contributed by atoms with E-state index in [1.54, 1.807) is 0 Å². The van der Waals surface area contributed by atoms with E-state index in [1.807, 2.05) is 6.20 Å². The Morgan fingerprint density at radius 1 is 0.833 bits per heavy atom. The first kappa shape index (κ1) is 11.0. The van der Waals surface area contributed by atoms with Gasteiger partial charge in [0.15, 0.2) is 0 Å². The van der Waals surface area contributed by atoms with Crippen molar-refractivity contribution in [3.8, 4) is 11.3 Å². The standard InChI is InChI=1S/C17H15N/c1-12-7-9-14(10-8-12)17-13(2)16-6-4-3-5-15(16)11-18-17/h3-11H,1-2H3. The molecular weight excluding hydrogens is 218 g/mol. The SMILES string of the molecule is Cc1ccc(-c2ncc3ccccc3c2C)cc1. The van der Waals surface area contributed by atoms with Crippen molar-refractivity contribution in [2.45, 2.75) is 13.8 Å². The van der Waals surface area contributed by atoms with Gasteiger partial charge in [0.25, 0.3) is 0 Å². The molecule has 0 radical (unpaired) electrons. The molecule has 0 unspecified atom stereocenters. The summed E-state index contributed by atoms with van der Waals surface area (Å²) in [5, 5.41) is 2.48. The van der Waals surface area contributed by atoms with Gasteiger partial charge in [0.2, 0.25) is 0 Å². The summed E-state index contributed by atoms with van der Waals surface area (Å²) in [7, 11) is 0. The number of aromatic nitrogens is 1. The van der Waals surface area contributed by atoms with Crippen LogP contribution in [0, 0.1) is 13.8 Å². The Balaban J connectivity index is 2.24. The van der Waals surface area contributed by atoms with Crippen molar-refractivity contribution in [3.05, 3.63) is 65.9 Å². The number of fused-ring (bicyclic) bond motifs is 1. The lowest BCUT2D eigenvalue weighted by Crippen LogP contribution is -1.90. The van der Waals surface area contributed by atoms with Gasteiger partial charge in [0.05, 0.1) is 5.69 Å². The summed E-state index contributed by atoms with van der Waals surface area (Å²) < 4.78 is 0. The summed E-state index contributed by atoms with van der Waals surface area (Å²) in [5.41, 5.74) is 4.78. The van der Waals surface area contributed by atoms with Crippen molar-refractivity contribution >= 4 is 10.8 Å². The molecule has 2 aromatic carbocycles. The van der Waals surface area contributed by atoms with E-state index in [9.17, 15) is 0 Å². The number of pyridine rings is 1. The van der Waals surface area contributed by atoms with E-state index >= 15 is 0 Å². The fraction of sp³-hybridized carbons (Fsp3) is 0.118. The van der Waals surface area contributed by atoms with Gasteiger partial charge >= 0.3 is 0 Å². The van der Waals surface area contributed by atoms with Crippen LogP contribution in [0.5, 0.6) is 0 Å². The maximum Gasteiger partial charge on any atom is 0.0737 e. The average molecular weight is 233 g/mol. The van der Waals surface area contributed by atoms with E-state index in [2.05, 4.69) is 67.4 Å². The van der Waals surface area contributed by atoms with Crippen LogP contribution in [0.1, 0.15) is 11.1 Å². The summed E-state index contributed by atoms with van der Waals surface area (Å²) in [4.78, 5) is 4.61. The molecule has 0 aliphatic rings. The van der Waals surface area contributed by atoms with Crippen LogP contribution < -0.4 is 0 Å². The van der Waals surface area contributed by atoms with E-state index in [0.717, 1.165) is 5.69 Å². The molecule has 1 heteroatoms. The summed E-state index contributed by atoms with van der Waals surface area (Å²) in [6.45, 7) is 4.25. The fourth-order valence-corrected chi connectivity index (χ4v) is 2.31. The molecule has 0 N–H and O–H groups in total. The smallest absolute Gasteiger partial charge is 0.0737 e. The van der Waals surface area contributed by atoms with E-state index in [4.69, 9.17) is 0 Å². The summed E-state index contributed by atoms with van der Waals surface area (Å²) >= 11 is 0. The molecule has 3 rings (SSSR count). The molecule has 0 spiro atoms. The van der Waals surface area contributed by atoms with Gasteiger partial charge < -0.3 is 0 Å². The van der Waals surface area contributed by atoms with Crippen molar-refractivity contribution in [3.63, 3.8) is 0 Å². The highest BCUT2D eigenvalue weighted by Gasteiger charge is 2.06. The highest BCUT2D eigenvalue weighted by molar-refractivity contribution is 5.89. The molecule has 0 amide bonds. The molecule has 1 heterocycles. The fourth-order valence-electron chi connectivity index (χ4n) is 2.31. The van der Waals surface area contributed by atoms with Crippen LogP contribution in [0.15, 0.2) is 54.7 Å². The zero-order valence-corrected chi connectivity index (χ0v) is 10.6. The minimum absolute atomic E-state index is 1.08. The Morgan fingerprint density at radius 3 is 2.33 bits per heavy atom. The Bertz CT molecular complexity index is 696. The van der Waals surface area contributed by atoms with Gasteiger partial charge in [-0.15, -0.1) is 0 Å². The third-order valence-electron chi connectivity index (χ3n) is 3.38. The number of hydrogen-bond acceptors (Lipinski definition) is 1. The second kappa shape index (κ2) is 4.26. The second-order valence-corrected chi connectivity index (χ2v) is 4.69. The van der Waals surface area contributed by atoms with Crippen LogP contribution in [0.4, 0.5) is 0 Å². The third-order valence-corrected chi connectivity index (χ3v) is 3.38. The van der Waals surface area contributed by atoms with Crippen molar-refractivity contribution in [2.24, 2.45) is 0 Å². The largest absolute Gasteiger partial charge is 0.255 e. The molecule has 1 nitrogen and oxygen atoms in total. The lowest BCUT2D eigenvalue weighted by Gasteiger charge is -2.08. The molecule has 0 saturated heterocycles. The molecule has 88 valence electrons. The monoisotopic (exact) mass is 233 g/mol. The normalized spacial score (nSPS) is 10.8. The summed E-state index contributed by atoms with van der Waals surface area (Å²) in [6, 6.07) is 16.9. The van der Waals surface area contributed by atoms with Gasteiger partial charge in [0.1, 0.15) is 0 Å². The number of nitrogens with zero attached hydrogens (tertiary/aromatic N) is 1. The minimum atomic E-state index is 1.08. The third kappa shape index (κ3) is 1.78. The van der Waals surface area contributed by atoms with E-state index in [0.29, 0.717) is 0 Å². The first-order chi connectivity index (χ1) is 8.75. The summed E-state index contributed by atoms with van der Waals surface area (Å²) in [6.07, 6.45) is 1.96. The van der Waals surface area contributed by atoms with Gasteiger partial charge in [-0.3, -0.25) is 4.98 Å². The Kier molecular flexibility index (Phi) is 2.60. The predicted octanol–water partition coefficient (Wildman–Crippen LogP) is 4.52. The van der Waals surface area contributed by atoms with Gasteiger partial charge in [0, 0.05) is 17.1 Å². The van der Waals surface area contributed by atoms with Crippen molar-refractivity contribution in [1.29, 1.82) is 0 Å². The molecule has 0 bridgehead atoms. The summed E-state index contributed by atoms with van der Waals surface area (Å²) in [5.74, 6) is 0. The quantitative estimate of drug-likeness (QED) is 0.602. The first-order valence-electron chi connectivity index (χ1n) is 6.17. The number of benzene rings is 2. The van der Waals surface area contributed by atoms with E-state index in [1.165, 1.54) is 27.5 Å².